The van der Waals surface area contributed by atoms with Gasteiger partial charge in [0, 0.05) is 0 Å². The van der Waals surface area contributed by atoms with Crippen molar-refractivity contribution in [3.8, 4) is 0 Å². The molecule has 0 bridgehead atoms. The van der Waals surface area contributed by atoms with E-state index in [1.165, 1.54) is 6.92 Å². The van der Waals surface area contributed by atoms with E-state index in [0.717, 1.165) is 0 Å². The van der Waals surface area contributed by atoms with Gasteiger partial charge in [0.15, 0.2) is 0 Å². The van der Waals surface area contributed by atoms with Crippen LogP contribution < -0.4 is 4.84 Å². The van der Waals surface area contributed by atoms with Crippen molar-refractivity contribution in [2.24, 2.45) is 0 Å². The predicted molar refractivity (Wildman–Crippen MR) is 33.3 cm³/mol. The van der Waals surface area contributed by atoms with E-state index in [1.807, 2.05) is 4.84 Å². The van der Waals surface area contributed by atoms with Crippen LogP contribution in [-0.2, 0) is 4.79 Å². The Bertz CT molecular complexity index is 77.7. The molecule has 0 aliphatic rings. The Morgan fingerprint density at radius 2 is 2.25 bits per heavy atom. The van der Waals surface area contributed by atoms with Gasteiger partial charge in [-0.3, -0.25) is 4.79 Å². The molecule has 8 heavy (non-hydrogen) atoms. The van der Waals surface area contributed by atoms with Gasteiger partial charge in [-0.15, -0.1) is 12.4 Å². The van der Waals surface area contributed by atoms with Gasteiger partial charge < -0.3 is 5.11 Å². The highest BCUT2D eigenvalue weighted by molar-refractivity contribution is 6.14. The molecule has 0 aromatic carbocycles. The van der Waals surface area contributed by atoms with Crippen LogP contribution in [0.1, 0.15) is 6.92 Å². The third-order valence-corrected chi connectivity index (χ3v) is 0.861. The van der Waals surface area contributed by atoms with Crippen LogP contribution in [0.15, 0.2) is 0 Å². The molecule has 1 atom stereocenters. The lowest BCUT2D eigenvalue weighted by Gasteiger charge is -1.97. The molecule has 0 spiro atoms. The molecule has 5 heteroatoms. The first kappa shape index (κ1) is 10.9. The number of nitrogens with one attached hydrogen (secondary N) is 1. The summed E-state index contributed by atoms with van der Waals surface area (Å²) in [4.78, 5) is 11.8. The van der Waals surface area contributed by atoms with Gasteiger partial charge in [-0.1, -0.05) is 0 Å². The fourth-order valence-electron chi connectivity index (χ4n) is 0.0467. The number of hydrogen-bond donors (Lipinski definition) is 2. The maximum absolute atomic E-state index is 9.78. The van der Waals surface area contributed by atoms with Gasteiger partial charge in [0.1, 0.15) is 6.04 Å². The van der Waals surface area contributed by atoms with E-state index in [0.29, 0.717) is 0 Å². The smallest absolute Gasteiger partial charge is 0.321 e. The summed E-state index contributed by atoms with van der Waals surface area (Å²) < 4.78 is 0. The topological polar surface area (TPSA) is 49.3 Å². The molecule has 0 aliphatic heterocycles. The molecular weight excluding hydrogens is 153 g/mol. The van der Waals surface area contributed by atoms with Crippen molar-refractivity contribution in [2.75, 3.05) is 0 Å². The minimum atomic E-state index is -0.949. The van der Waals surface area contributed by atoms with Crippen LogP contribution in [-0.4, -0.2) is 17.1 Å². The molecule has 0 saturated heterocycles. The molecule has 3 nitrogen and oxygen atoms in total. The highest BCUT2D eigenvalue weighted by Gasteiger charge is 2.05. The summed E-state index contributed by atoms with van der Waals surface area (Å²) in [5.74, 6) is -0.949. The number of halogens is 2. The Balaban J connectivity index is 0. The average molecular weight is 160 g/mol. The molecule has 0 fully saturated rings. The quantitative estimate of drug-likeness (QED) is 0.582. The summed E-state index contributed by atoms with van der Waals surface area (Å²) in [7, 11) is 0. The van der Waals surface area contributed by atoms with Crippen LogP contribution in [0.4, 0.5) is 0 Å². The predicted octanol–water partition coefficient (Wildman–Crippen LogP) is 0.625. The Morgan fingerprint density at radius 3 is 2.25 bits per heavy atom. The van der Waals surface area contributed by atoms with Crippen molar-refractivity contribution in [1.29, 1.82) is 0 Å². The van der Waals surface area contributed by atoms with Crippen LogP contribution in [0.5, 0.6) is 0 Å². The minimum absolute atomic E-state index is 0. The number of carboxylic acid groups (broad SMARTS) is 1. The maximum Gasteiger partial charge on any atom is 0.321 e. The molecule has 0 aromatic heterocycles. The van der Waals surface area contributed by atoms with Gasteiger partial charge in [-0.25, -0.2) is 4.84 Å². The van der Waals surface area contributed by atoms with Crippen LogP contribution in [0.2, 0.25) is 0 Å². The molecule has 0 rings (SSSR count). The van der Waals surface area contributed by atoms with Crippen molar-refractivity contribution in [2.45, 2.75) is 13.0 Å². The molecule has 0 amide bonds. The van der Waals surface area contributed by atoms with E-state index < -0.39 is 12.0 Å². The zero-order chi connectivity index (χ0) is 5.86. The van der Waals surface area contributed by atoms with E-state index in [1.54, 1.807) is 0 Å². The van der Waals surface area contributed by atoms with Crippen LogP contribution in [0.3, 0.4) is 0 Å². The Hall–Kier alpha value is 0.01000. The largest absolute Gasteiger partial charge is 0.480 e. The molecule has 0 radical (unpaired) electrons. The Morgan fingerprint density at radius 1 is 1.88 bits per heavy atom. The highest BCUT2D eigenvalue weighted by Crippen LogP contribution is 1.79. The Kier molecular flexibility index (Phi) is 7.02. The van der Waals surface area contributed by atoms with Crippen LogP contribution >= 0.6 is 24.2 Å². The molecule has 0 saturated carbocycles. The van der Waals surface area contributed by atoms with Gasteiger partial charge in [0.25, 0.3) is 0 Å². The monoisotopic (exact) mass is 159 g/mol. The molecule has 50 valence electrons. The van der Waals surface area contributed by atoms with E-state index >= 15 is 0 Å². The average Bonchev–Trinajstić information content (AvgIpc) is 1.65. The number of carbonyl (C=O) groups is 1. The van der Waals surface area contributed by atoms with Gasteiger partial charge >= 0.3 is 5.97 Å². The van der Waals surface area contributed by atoms with Crippen molar-refractivity contribution in [3.63, 3.8) is 0 Å². The number of carboxylic acids is 1. The first-order valence-electron chi connectivity index (χ1n) is 1.77. The minimum Gasteiger partial charge on any atom is -0.480 e. The van der Waals surface area contributed by atoms with Crippen LogP contribution in [0, 0.1) is 0 Å². The highest BCUT2D eigenvalue weighted by atomic mass is 35.5. The second kappa shape index (κ2) is 5.15. The standard InChI is InChI=1S/C3H6ClNO2.ClH/c1-2(5-4)3(6)7;/h2,5H,1H3,(H,6,7);1H. The Labute approximate surface area is 58.5 Å². The van der Waals surface area contributed by atoms with E-state index in [9.17, 15) is 4.79 Å². The number of aliphatic carboxylic acids is 1. The van der Waals surface area contributed by atoms with Crippen molar-refractivity contribution in [1.82, 2.24) is 4.84 Å². The lowest BCUT2D eigenvalue weighted by Crippen LogP contribution is -2.26. The van der Waals surface area contributed by atoms with E-state index in [4.69, 9.17) is 16.9 Å². The fraction of sp³-hybridized carbons (Fsp3) is 0.667. The molecule has 0 aliphatic carbocycles. The first-order chi connectivity index (χ1) is 3.18. The van der Waals surface area contributed by atoms with E-state index in [-0.39, 0.29) is 12.4 Å². The zero-order valence-corrected chi connectivity index (χ0v) is 5.79. The maximum atomic E-state index is 9.78. The zero-order valence-electron chi connectivity index (χ0n) is 4.22. The van der Waals surface area contributed by atoms with E-state index in [2.05, 4.69) is 0 Å². The summed E-state index contributed by atoms with van der Waals surface area (Å²) in [5.41, 5.74) is 0. The molecule has 0 aromatic rings. The summed E-state index contributed by atoms with van der Waals surface area (Å²) in [6.45, 7) is 1.45. The second-order valence-electron chi connectivity index (χ2n) is 1.17. The third kappa shape index (κ3) is 4.18. The first-order valence-corrected chi connectivity index (χ1v) is 2.15. The van der Waals surface area contributed by atoms with Crippen LogP contribution in [0.25, 0.3) is 0 Å². The summed E-state index contributed by atoms with van der Waals surface area (Å²) in [6, 6.07) is -0.665. The van der Waals surface area contributed by atoms with Gasteiger partial charge in [-0.2, -0.15) is 0 Å². The third-order valence-electron chi connectivity index (χ3n) is 0.534. The second-order valence-corrected chi connectivity index (χ2v) is 1.39. The van der Waals surface area contributed by atoms with Crippen molar-refractivity contribution < 1.29 is 9.90 Å². The van der Waals surface area contributed by atoms with Gasteiger partial charge in [-0.05, 0) is 18.7 Å². The van der Waals surface area contributed by atoms with Gasteiger partial charge in [0.2, 0.25) is 0 Å². The lowest BCUT2D eigenvalue weighted by atomic mass is 10.4. The molecule has 0 heterocycles. The van der Waals surface area contributed by atoms with Gasteiger partial charge in [0.05, 0.1) is 0 Å². The lowest BCUT2D eigenvalue weighted by molar-refractivity contribution is -0.138. The SMILES string of the molecule is CC(NCl)C(=O)O.Cl. The summed E-state index contributed by atoms with van der Waals surface area (Å²) in [6.07, 6.45) is 0. The van der Waals surface area contributed by atoms with Crippen molar-refractivity contribution in [3.05, 3.63) is 0 Å². The summed E-state index contributed by atoms with van der Waals surface area (Å²) >= 11 is 4.92. The molecular formula is C3H7Cl2NO2. The summed E-state index contributed by atoms with van der Waals surface area (Å²) in [5, 5.41) is 8.04. The molecule has 2 N–H and O–H groups in total. The number of hydrogen-bond acceptors (Lipinski definition) is 2. The normalized spacial score (nSPS) is 11.8. The molecule has 1 unspecified atom stereocenters. The van der Waals surface area contributed by atoms with Crippen molar-refractivity contribution >= 4 is 30.2 Å². The number of rotatable bonds is 2. The fourth-order valence-corrected chi connectivity index (χ4v) is 0.140.